The van der Waals surface area contributed by atoms with Gasteiger partial charge in [-0.1, -0.05) is 11.6 Å². The molecule has 0 radical (unpaired) electrons. The number of hydrogen-bond acceptors (Lipinski definition) is 3. The second-order valence-electron chi connectivity index (χ2n) is 8.52. The molecule has 2 aliphatic heterocycles. The number of fused-ring (bicyclic) bond motifs is 2. The summed E-state index contributed by atoms with van der Waals surface area (Å²) in [5.41, 5.74) is -5.31. The average Bonchev–Trinajstić information content (AvgIpc) is 3.30. The van der Waals surface area contributed by atoms with Crippen LogP contribution in [0.1, 0.15) is 33.1 Å². The van der Waals surface area contributed by atoms with Crippen molar-refractivity contribution in [3.8, 4) is 0 Å². The lowest BCUT2D eigenvalue weighted by Crippen LogP contribution is -2.48. The molecule has 37 heavy (non-hydrogen) atoms. The molecule has 0 bridgehead atoms. The predicted molar refractivity (Wildman–Crippen MR) is 120 cm³/mol. The molecule has 0 aliphatic carbocycles. The van der Waals surface area contributed by atoms with E-state index in [0.717, 1.165) is 36.4 Å². The third kappa shape index (κ3) is 3.96. The molecule has 2 aliphatic rings. The summed E-state index contributed by atoms with van der Waals surface area (Å²) in [4.78, 5) is 26.2. The maximum absolute atomic E-state index is 14.4. The van der Waals surface area contributed by atoms with E-state index in [-0.39, 0.29) is 27.4 Å². The molecule has 3 amide bonds. The highest BCUT2D eigenvalue weighted by molar-refractivity contribution is 6.31. The van der Waals surface area contributed by atoms with E-state index < -0.39 is 65.0 Å². The number of rotatable bonds is 2. The normalized spacial score (nSPS) is 20.5. The molecule has 192 valence electrons. The van der Waals surface area contributed by atoms with Gasteiger partial charge in [0.25, 0.3) is 5.91 Å². The van der Waals surface area contributed by atoms with Crippen LogP contribution in [0.5, 0.6) is 0 Å². The van der Waals surface area contributed by atoms with E-state index in [0.29, 0.717) is 11.0 Å². The number of nitrogens with zero attached hydrogens (tertiary/aromatic N) is 1. The van der Waals surface area contributed by atoms with E-state index in [1.807, 2.05) is 0 Å². The number of aliphatic hydroxyl groups is 1. The molecule has 2 heterocycles. The van der Waals surface area contributed by atoms with Crippen molar-refractivity contribution in [1.29, 1.82) is 0 Å². The molecule has 6 nitrogen and oxygen atoms in total. The first-order chi connectivity index (χ1) is 17.3. The second kappa shape index (κ2) is 8.38. The average molecular weight is 542 g/mol. The van der Waals surface area contributed by atoms with Crippen molar-refractivity contribution in [2.75, 3.05) is 16.8 Å². The van der Waals surface area contributed by atoms with Gasteiger partial charge in [0.15, 0.2) is 0 Å². The van der Waals surface area contributed by atoms with Gasteiger partial charge in [0.2, 0.25) is 5.60 Å². The molecule has 0 saturated heterocycles. The highest BCUT2D eigenvalue weighted by atomic mass is 35.5. The van der Waals surface area contributed by atoms with E-state index in [4.69, 9.17) is 11.6 Å². The van der Waals surface area contributed by atoms with Gasteiger partial charge in [-0.15, -0.1) is 0 Å². The third-order valence-corrected chi connectivity index (χ3v) is 6.60. The Morgan fingerprint density at radius 2 is 1.73 bits per heavy atom. The Kier molecular flexibility index (Phi) is 5.64. The van der Waals surface area contributed by atoms with Crippen LogP contribution in [-0.2, 0) is 5.60 Å². The SMILES string of the molecule is O=C1N[C@@H](c2cc(F)ccc2Cl)c2c(NC(=O)N3C[C@](O)(C(F)(F)F)c4cc(F)ccc43)cc(F)cc21. The zero-order valence-electron chi connectivity index (χ0n) is 18.3. The largest absolute Gasteiger partial charge is 0.423 e. The summed E-state index contributed by atoms with van der Waals surface area (Å²) in [6.45, 7) is -1.31. The van der Waals surface area contributed by atoms with Gasteiger partial charge in [-0.3, -0.25) is 9.69 Å². The summed E-state index contributed by atoms with van der Waals surface area (Å²) in [5, 5.41) is 15.2. The second-order valence-corrected chi connectivity index (χ2v) is 8.93. The van der Waals surface area contributed by atoms with Gasteiger partial charge in [-0.2, -0.15) is 13.2 Å². The van der Waals surface area contributed by atoms with Gasteiger partial charge in [0.1, 0.15) is 17.5 Å². The van der Waals surface area contributed by atoms with Gasteiger partial charge < -0.3 is 15.7 Å². The summed E-state index contributed by atoms with van der Waals surface area (Å²) in [7, 11) is 0. The van der Waals surface area contributed by atoms with Crippen molar-refractivity contribution in [2.45, 2.75) is 17.8 Å². The molecule has 0 fully saturated rings. The fourth-order valence-electron chi connectivity index (χ4n) is 4.55. The number of anilines is 2. The number of carbonyl (C=O) groups excluding carboxylic acids is 2. The van der Waals surface area contributed by atoms with Crippen LogP contribution in [-0.4, -0.2) is 29.8 Å². The molecular formula is C24H14ClF6N3O3. The molecule has 3 aromatic carbocycles. The highest BCUT2D eigenvalue weighted by Crippen LogP contribution is 2.49. The molecule has 2 atom stereocenters. The Morgan fingerprint density at radius 1 is 1.05 bits per heavy atom. The lowest BCUT2D eigenvalue weighted by atomic mass is 9.95. The lowest BCUT2D eigenvalue weighted by molar-refractivity contribution is -0.258. The summed E-state index contributed by atoms with van der Waals surface area (Å²) in [6, 6.07) is 4.86. The van der Waals surface area contributed by atoms with Crippen LogP contribution in [0.15, 0.2) is 48.5 Å². The topological polar surface area (TPSA) is 81.7 Å². The van der Waals surface area contributed by atoms with E-state index in [9.17, 15) is 41.0 Å². The van der Waals surface area contributed by atoms with Crippen LogP contribution in [0.4, 0.5) is 42.5 Å². The quantitative estimate of drug-likeness (QED) is 0.381. The Balaban J connectivity index is 1.57. The number of β-amino-alcohol motifs (C(OH)–C–C–N with tert-alkyl or cyclic N) is 1. The van der Waals surface area contributed by atoms with E-state index in [2.05, 4.69) is 10.6 Å². The predicted octanol–water partition coefficient (Wildman–Crippen LogP) is 5.39. The zero-order valence-corrected chi connectivity index (χ0v) is 19.0. The van der Waals surface area contributed by atoms with Crippen molar-refractivity contribution in [1.82, 2.24) is 5.32 Å². The lowest BCUT2D eigenvalue weighted by Gasteiger charge is -2.27. The van der Waals surface area contributed by atoms with E-state index >= 15 is 0 Å². The number of benzene rings is 3. The van der Waals surface area contributed by atoms with Crippen LogP contribution in [0, 0.1) is 17.5 Å². The number of carbonyl (C=O) groups is 2. The Bertz CT molecular complexity index is 1480. The molecule has 0 aromatic heterocycles. The molecule has 3 N–H and O–H groups in total. The fraction of sp³-hybridized carbons (Fsp3) is 0.167. The van der Waals surface area contributed by atoms with E-state index in [1.165, 1.54) is 6.07 Å². The smallest absolute Gasteiger partial charge is 0.375 e. The monoisotopic (exact) mass is 541 g/mol. The minimum atomic E-state index is -5.26. The number of amides is 3. The molecule has 0 unspecified atom stereocenters. The van der Waals surface area contributed by atoms with Crippen LogP contribution in [0.2, 0.25) is 5.02 Å². The van der Waals surface area contributed by atoms with Crippen molar-refractivity contribution < 1.29 is 41.0 Å². The summed E-state index contributed by atoms with van der Waals surface area (Å²) in [5.74, 6) is -3.47. The number of hydrogen-bond donors (Lipinski definition) is 3. The number of alkyl halides is 3. The minimum absolute atomic E-state index is 0.00291. The summed E-state index contributed by atoms with van der Waals surface area (Å²) in [6.07, 6.45) is -5.26. The molecule has 5 rings (SSSR count). The standard InChI is InChI=1S/C24H14ClF6N3O3/c25-16-3-1-10(26)5-13(16)20-19-14(21(35)33-20)6-12(28)8-17(19)32-22(36)34-9-23(37,24(29,30)31)15-7-11(27)2-4-18(15)34/h1-8,20,37H,9H2,(H,32,36)(H,33,35)/t20-,23+/m0/s1. The van der Waals surface area contributed by atoms with Gasteiger partial charge in [0, 0.05) is 27.3 Å². The summed E-state index contributed by atoms with van der Waals surface area (Å²) >= 11 is 6.17. The zero-order chi connectivity index (χ0) is 26.9. The Hall–Kier alpha value is -3.77. The fourth-order valence-corrected chi connectivity index (χ4v) is 4.78. The van der Waals surface area contributed by atoms with Crippen molar-refractivity contribution >= 4 is 34.9 Å². The van der Waals surface area contributed by atoms with Crippen molar-refractivity contribution in [2.24, 2.45) is 0 Å². The first-order valence-electron chi connectivity index (χ1n) is 10.6. The van der Waals surface area contributed by atoms with Crippen LogP contribution in [0.25, 0.3) is 0 Å². The van der Waals surface area contributed by atoms with Gasteiger partial charge >= 0.3 is 12.2 Å². The number of urea groups is 1. The third-order valence-electron chi connectivity index (χ3n) is 6.26. The number of halogens is 7. The molecule has 0 saturated carbocycles. The van der Waals surface area contributed by atoms with Crippen molar-refractivity contribution in [3.05, 3.63) is 93.3 Å². The molecule has 0 spiro atoms. The first kappa shape index (κ1) is 24.9. The Morgan fingerprint density at radius 3 is 2.43 bits per heavy atom. The molecule has 13 heteroatoms. The number of nitrogens with one attached hydrogen (secondary N) is 2. The van der Waals surface area contributed by atoms with E-state index in [1.54, 1.807) is 0 Å². The maximum Gasteiger partial charge on any atom is 0.423 e. The van der Waals surface area contributed by atoms with Gasteiger partial charge in [-0.25, -0.2) is 18.0 Å². The summed E-state index contributed by atoms with van der Waals surface area (Å²) < 4.78 is 83.3. The first-order valence-corrected chi connectivity index (χ1v) is 10.9. The van der Waals surface area contributed by atoms with Crippen molar-refractivity contribution in [3.63, 3.8) is 0 Å². The van der Waals surface area contributed by atoms with Crippen LogP contribution in [0.3, 0.4) is 0 Å². The molecule has 3 aromatic rings. The minimum Gasteiger partial charge on any atom is -0.375 e. The van der Waals surface area contributed by atoms with Gasteiger partial charge in [-0.05, 0) is 48.5 Å². The maximum atomic E-state index is 14.4. The van der Waals surface area contributed by atoms with Crippen LogP contribution >= 0.6 is 11.6 Å². The van der Waals surface area contributed by atoms with Gasteiger partial charge in [0.05, 0.1) is 24.0 Å². The van der Waals surface area contributed by atoms with Crippen LogP contribution < -0.4 is 15.5 Å². The highest BCUT2D eigenvalue weighted by Gasteiger charge is 2.61. The molecular weight excluding hydrogens is 528 g/mol. The Labute approximate surface area is 209 Å².